The highest BCUT2D eigenvalue weighted by Gasteiger charge is 2.30. The average molecular weight is 331 g/mol. The highest BCUT2D eigenvalue weighted by molar-refractivity contribution is 9.11. The Hall–Kier alpha value is -1.43. The molecule has 0 bridgehead atoms. The number of Topliss-reactive ketones (excluding diaryl/α,β-unsaturated/α-hetero) is 1. The minimum atomic E-state index is -0.672. The molecule has 0 radical (unpaired) electrons. The third-order valence-electron chi connectivity index (χ3n) is 2.42. The number of halogens is 1. The largest absolute Gasteiger partial charge is 0.457 e. The highest BCUT2D eigenvalue weighted by atomic mass is 79.9. The van der Waals surface area contributed by atoms with Gasteiger partial charge in [0.2, 0.25) is 0 Å². The molecule has 0 aromatic carbocycles. The van der Waals surface area contributed by atoms with Gasteiger partial charge in [0.15, 0.2) is 0 Å². The van der Waals surface area contributed by atoms with Crippen molar-refractivity contribution in [3.8, 4) is 0 Å². The van der Waals surface area contributed by atoms with Crippen molar-refractivity contribution in [2.24, 2.45) is 0 Å². The van der Waals surface area contributed by atoms with E-state index in [0.29, 0.717) is 17.8 Å². The van der Waals surface area contributed by atoms with Gasteiger partial charge < -0.3 is 9.47 Å². The molecule has 1 aliphatic heterocycles. The van der Waals surface area contributed by atoms with Crippen molar-refractivity contribution in [3.05, 3.63) is 22.4 Å². The van der Waals surface area contributed by atoms with Gasteiger partial charge in [-0.2, -0.15) is 0 Å². The lowest BCUT2D eigenvalue weighted by atomic mass is 10.1. The second-order valence-corrected chi connectivity index (χ2v) is 4.60. The van der Waals surface area contributed by atoms with E-state index < -0.39 is 18.0 Å². The Kier molecular flexibility index (Phi) is 5.95. The van der Waals surface area contributed by atoms with Crippen LogP contribution in [0.1, 0.15) is 33.1 Å². The second-order valence-electron chi connectivity index (χ2n) is 4.15. The summed E-state index contributed by atoms with van der Waals surface area (Å²) in [6.07, 6.45) is 1.80. The van der Waals surface area contributed by atoms with E-state index in [0.717, 1.165) is 6.42 Å². The van der Waals surface area contributed by atoms with Crippen LogP contribution in [-0.2, 0) is 23.9 Å². The first kappa shape index (κ1) is 15.6. The van der Waals surface area contributed by atoms with E-state index in [1.165, 1.54) is 18.0 Å². The first-order valence-electron chi connectivity index (χ1n) is 5.91. The molecule has 0 spiro atoms. The van der Waals surface area contributed by atoms with Crippen LogP contribution in [0.2, 0.25) is 0 Å². The SMILES string of the molecule is CCCC(OC(=O)CC(C)=O)C1=C/C(=C/Br)OC1=O. The van der Waals surface area contributed by atoms with Gasteiger partial charge in [-0.3, -0.25) is 9.59 Å². The van der Waals surface area contributed by atoms with Gasteiger partial charge in [-0.15, -0.1) is 0 Å². The summed E-state index contributed by atoms with van der Waals surface area (Å²) >= 11 is 3.07. The van der Waals surface area contributed by atoms with Crippen molar-refractivity contribution in [3.63, 3.8) is 0 Å². The smallest absolute Gasteiger partial charge is 0.343 e. The normalized spacial score (nSPS) is 17.9. The zero-order chi connectivity index (χ0) is 14.4. The molecule has 1 rings (SSSR count). The van der Waals surface area contributed by atoms with E-state index in [4.69, 9.17) is 9.47 Å². The van der Waals surface area contributed by atoms with Gasteiger partial charge in [0.1, 0.15) is 24.1 Å². The van der Waals surface area contributed by atoms with Crippen LogP contribution in [0.4, 0.5) is 0 Å². The Morgan fingerprint density at radius 3 is 2.68 bits per heavy atom. The highest BCUT2D eigenvalue weighted by Crippen LogP contribution is 2.25. The maximum atomic E-state index is 11.7. The van der Waals surface area contributed by atoms with E-state index in [1.807, 2.05) is 6.92 Å². The van der Waals surface area contributed by atoms with Crippen LogP contribution in [-0.4, -0.2) is 23.8 Å². The van der Waals surface area contributed by atoms with Gasteiger partial charge >= 0.3 is 11.9 Å². The lowest BCUT2D eigenvalue weighted by Gasteiger charge is -2.16. The molecule has 0 amide bonds. The summed E-state index contributed by atoms with van der Waals surface area (Å²) in [5.74, 6) is -1.07. The molecule has 104 valence electrons. The molecule has 6 heteroatoms. The fourth-order valence-electron chi connectivity index (χ4n) is 1.63. The lowest BCUT2D eigenvalue weighted by molar-refractivity contribution is -0.150. The Labute approximate surface area is 119 Å². The van der Waals surface area contributed by atoms with Gasteiger partial charge in [0.05, 0.1) is 5.57 Å². The number of ketones is 1. The maximum Gasteiger partial charge on any atom is 0.343 e. The van der Waals surface area contributed by atoms with Crippen LogP contribution in [0, 0.1) is 0 Å². The maximum absolute atomic E-state index is 11.7. The van der Waals surface area contributed by atoms with Gasteiger partial charge in [-0.1, -0.05) is 29.3 Å². The van der Waals surface area contributed by atoms with E-state index >= 15 is 0 Å². The number of rotatable bonds is 6. The van der Waals surface area contributed by atoms with Gasteiger partial charge in [-0.05, 0) is 19.4 Å². The molecule has 0 saturated carbocycles. The van der Waals surface area contributed by atoms with Gasteiger partial charge in [-0.25, -0.2) is 4.79 Å². The standard InChI is InChI=1S/C13H15BrO5/c1-3-4-11(19-12(16)5-8(2)15)10-6-9(7-14)18-13(10)17/h6-7,11H,3-5H2,1-2H3/b9-7-. The third kappa shape index (κ3) is 4.63. The Balaban J connectivity index is 2.80. The molecule has 0 fully saturated rings. The molecule has 1 heterocycles. The van der Waals surface area contributed by atoms with E-state index in [2.05, 4.69) is 15.9 Å². The Morgan fingerprint density at radius 1 is 1.53 bits per heavy atom. The predicted molar refractivity (Wildman–Crippen MR) is 71.3 cm³/mol. The minimum Gasteiger partial charge on any atom is -0.457 e. The molecule has 1 aliphatic rings. The average Bonchev–Trinajstić information content (AvgIpc) is 2.69. The van der Waals surface area contributed by atoms with Crippen LogP contribution >= 0.6 is 15.9 Å². The summed E-state index contributed by atoms with van der Waals surface area (Å²) in [6.45, 7) is 3.22. The minimum absolute atomic E-state index is 0.274. The molecular weight excluding hydrogens is 316 g/mol. The van der Waals surface area contributed by atoms with E-state index in [9.17, 15) is 14.4 Å². The molecule has 0 N–H and O–H groups in total. The molecular formula is C13H15BrO5. The summed E-state index contributed by atoms with van der Waals surface area (Å²) < 4.78 is 10.1. The topological polar surface area (TPSA) is 69.7 Å². The van der Waals surface area contributed by atoms with E-state index in [1.54, 1.807) is 0 Å². The van der Waals surface area contributed by atoms with Gasteiger partial charge in [0, 0.05) is 4.99 Å². The number of hydrogen-bond acceptors (Lipinski definition) is 5. The van der Waals surface area contributed by atoms with Crippen molar-refractivity contribution < 1.29 is 23.9 Å². The van der Waals surface area contributed by atoms with Crippen molar-refractivity contribution in [2.45, 2.75) is 39.2 Å². The predicted octanol–water partition coefficient (Wildman–Crippen LogP) is 2.40. The van der Waals surface area contributed by atoms with Crippen LogP contribution in [0.15, 0.2) is 22.4 Å². The number of esters is 2. The van der Waals surface area contributed by atoms with Crippen molar-refractivity contribution >= 4 is 33.7 Å². The Morgan fingerprint density at radius 2 is 2.21 bits per heavy atom. The molecule has 0 aromatic heterocycles. The quantitative estimate of drug-likeness (QED) is 0.552. The van der Waals surface area contributed by atoms with Crippen molar-refractivity contribution in [2.75, 3.05) is 0 Å². The fourth-order valence-corrected chi connectivity index (χ4v) is 1.86. The molecule has 5 nitrogen and oxygen atoms in total. The number of cyclic esters (lactones) is 1. The lowest BCUT2D eigenvalue weighted by Crippen LogP contribution is -2.24. The third-order valence-corrected chi connectivity index (χ3v) is 2.87. The van der Waals surface area contributed by atoms with Crippen LogP contribution in [0.3, 0.4) is 0 Å². The first-order chi connectivity index (χ1) is 8.97. The zero-order valence-electron chi connectivity index (χ0n) is 10.8. The Bertz CT molecular complexity index is 450. The first-order valence-corrected chi connectivity index (χ1v) is 6.82. The number of allylic oxidation sites excluding steroid dienone is 1. The second kappa shape index (κ2) is 7.23. The van der Waals surface area contributed by atoms with Crippen LogP contribution in [0.25, 0.3) is 0 Å². The fraction of sp³-hybridized carbons (Fsp3) is 0.462. The molecule has 1 unspecified atom stereocenters. The molecule has 0 saturated heterocycles. The molecule has 0 aromatic rings. The van der Waals surface area contributed by atoms with E-state index in [-0.39, 0.29) is 12.2 Å². The zero-order valence-corrected chi connectivity index (χ0v) is 12.4. The summed E-state index contributed by atoms with van der Waals surface area (Å²) in [4.78, 5) is 35.5. The number of carbonyl (C=O) groups excluding carboxylic acids is 3. The molecule has 0 aliphatic carbocycles. The summed E-state index contributed by atoms with van der Waals surface area (Å²) in [6, 6.07) is 0. The summed E-state index contributed by atoms with van der Waals surface area (Å²) in [5, 5.41) is 0. The number of hydrogen-bond donors (Lipinski definition) is 0. The number of ether oxygens (including phenoxy) is 2. The monoisotopic (exact) mass is 330 g/mol. The summed E-state index contributed by atoms with van der Waals surface area (Å²) in [5.41, 5.74) is 0.296. The number of carbonyl (C=O) groups is 3. The molecule has 19 heavy (non-hydrogen) atoms. The van der Waals surface area contributed by atoms with Crippen molar-refractivity contribution in [1.29, 1.82) is 0 Å². The summed E-state index contributed by atoms with van der Waals surface area (Å²) in [7, 11) is 0. The van der Waals surface area contributed by atoms with Crippen molar-refractivity contribution in [1.82, 2.24) is 0 Å². The van der Waals surface area contributed by atoms with Crippen LogP contribution in [0.5, 0.6) is 0 Å². The molecule has 1 atom stereocenters. The van der Waals surface area contributed by atoms with Crippen LogP contribution < -0.4 is 0 Å². The van der Waals surface area contributed by atoms with Gasteiger partial charge in [0.25, 0.3) is 0 Å².